The van der Waals surface area contributed by atoms with Crippen molar-refractivity contribution in [2.45, 2.75) is 6.92 Å². The van der Waals surface area contributed by atoms with E-state index >= 15 is 0 Å². The Morgan fingerprint density at radius 2 is 1.83 bits per heavy atom. The highest BCUT2D eigenvalue weighted by Gasteiger charge is 2.03. The quantitative estimate of drug-likeness (QED) is 0.580. The zero-order valence-corrected chi connectivity index (χ0v) is 13.3. The molecule has 0 bridgehead atoms. The third-order valence-electron chi connectivity index (χ3n) is 3.54. The Balaban J connectivity index is 1.57. The van der Waals surface area contributed by atoms with Crippen molar-refractivity contribution in [3.05, 3.63) is 72.6 Å². The summed E-state index contributed by atoms with van der Waals surface area (Å²) in [5.41, 5.74) is 4.10. The lowest BCUT2D eigenvalue weighted by atomic mass is 10.1. The molecule has 0 saturated carbocycles. The van der Waals surface area contributed by atoms with Crippen molar-refractivity contribution in [2.75, 3.05) is 6.61 Å². The number of ether oxygens (including phenoxy) is 1. The highest BCUT2D eigenvalue weighted by Crippen LogP contribution is 2.20. The van der Waals surface area contributed by atoms with Gasteiger partial charge in [-0.15, -0.1) is 0 Å². The van der Waals surface area contributed by atoms with Crippen LogP contribution in [0.15, 0.2) is 72.1 Å². The molecule has 0 spiro atoms. The van der Waals surface area contributed by atoms with Gasteiger partial charge in [0.25, 0.3) is 5.91 Å². The number of nitrogens with zero attached hydrogens (tertiary/aromatic N) is 2. The van der Waals surface area contributed by atoms with Crippen molar-refractivity contribution >= 4 is 22.4 Å². The number of hydrogen-bond acceptors (Lipinski definition) is 4. The van der Waals surface area contributed by atoms with Gasteiger partial charge in [-0.1, -0.05) is 30.3 Å². The molecule has 3 rings (SSSR count). The summed E-state index contributed by atoms with van der Waals surface area (Å²) in [6, 6.07) is 17.4. The largest absolute Gasteiger partial charge is 0.484 e. The Morgan fingerprint density at radius 3 is 2.62 bits per heavy atom. The van der Waals surface area contributed by atoms with Crippen LogP contribution < -0.4 is 10.2 Å². The second-order valence-corrected chi connectivity index (χ2v) is 5.27. The first kappa shape index (κ1) is 15.7. The average molecular weight is 319 g/mol. The minimum absolute atomic E-state index is 0.0918. The number of pyridine rings is 1. The Morgan fingerprint density at radius 1 is 1.08 bits per heavy atom. The summed E-state index contributed by atoms with van der Waals surface area (Å²) in [7, 11) is 0. The first-order valence-corrected chi connectivity index (χ1v) is 7.57. The highest BCUT2D eigenvalue weighted by atomic mass is 16.5. The van der Waals surface area contributed by atoms with Gasteiger partial charge in [-0.05, 0) is 42.0 Å². The van der Waals surface area contributed by atoms with Crippen molar-refractivity contribution in [3.63, 3.8) is 0 Å². The molecule has 120 valence electrons. The summed E-state index contributed by atoms with van der Waals surface area (Å²) in [6.07, 6.45) is 3.36. The highest BCUT2D eigenvalue weighted by molar-refractivity contribution is 5.99. The molecule has 5 heteroatoms. The molecule has 0 fully saturated rings. The monoisotopic (exact) mass is 319 g/mol. The van der Waals surface area contributed by atoms with E-state index in [9.17, 15) is 4.79 Å². The number of nitrogens with one attached hydrogen (secondary N) is 1. The number of carbonyl (C=O) groups is 1. The summed E-state index contributed by atoms with van der Waals surface area (Å²) in [5, 5.41) is 6.27. The molecule has 1 heterocycles. The van der Waals surface area contributed by atoms with E-state index in [4.69, 9.17) is 4.74 Å². The second kappa shape index (κ2) is 7.37. The van der Waals surface area contributed by atoms with E-state index in [2.05, 4.69) is 15.5 Å². The van der Waals surface area contributed by atoms with Gasteiger partial charge in [0.2, 0.25) is 0 Å². The molecule has 0 atom stereocenters. The van der Waals surface area contributed by atoms with Gasteiger partial charge in [0.1, 0.15) is 5.75 Å². The number of hydrazone groups is 1. The van der Waals surface area contributed by atoms with Crippen molar-refractivity contribution in [2.24, 2.45) is 5.10 Å². The van der Waals surface area contributed by atoms with Crippen molar-refractivity contribution in [3.8, 4) is 5.75 Å². The van der Waals surface area contributed by atoms with Crippen molar-refractivity contribution in [1.29, 1.82) is 0 Å². The van der Waals surface area contributed by atoms with E-state index in [1.165, 1.54) is 0 Å². The van der Waals surface area contributed by atoms with Gasteiger partial charge in [-0.3, -0.25) is 9.78 Å². The predicted molar refractivity (Wildman–Crippen MR) is 94.0 cm³/mol. The number of fused-ring (bicyclic) bond motifs is 1. The Hall–Kier alpha value is -3.21. The van der Waals surface area contributed by atoms with Crippen LogP contribution in [0.2, 0.25) is 0 Å². The SMILES string of the molecule is C/C(=N\NC(=O)COc1ccc2ccccc2c1)c1ccncc1. The van der Waals surface area contributed by atoms with E-state index in [0.717, 1.165) is 16.3 Å². The van der Waals surface area contributed by atoms with Gasteiger partial charge < -0.3 is 4.74 Å². The van der Waals surface area contributed by atoms with Crippen molar-refractivity contribution in [1.82, 2.24) is 10.4 Å². The van der Waals surface area contributed by atoms with Gasteiger partial charge in [0.05, 0.1) is 5.71 Å². The lowest BCUT2D eigenvalue weighted by Crippen LogP contribution is -2.25. The minimum Gasteiger partial charge on any atom is -0.484 e. The maximum Gasteiger partial charge on any atom is 0.277 e. The smallest absolute Gasteiger partial charge is 0.277 e. The van der Waals surface area contributed by atoms with Crippen LogP contribution in [0.1, 0.15) is 12.5 Å². The fourth-order valence-electron chi connectivity index (χ4n) is 2.24. The summed E-state index contributed by atoms with van der Waals surface area (Å²) in [4.78, 5) is 15.8. The van der Waals surface area contributed by atoms with Gasteiger partial charge in [-0.25, -0.2) is 5.43 Å². The Labute approximate surface area is 140 Å². The molecule has 3 aromatic rings. The molecule has 0 saturated heterocycles. The molecule has 1 amide bonds. The molecule has 1 N–H and O–H groups in total. The molecule has 1 aromatic heterocycles. The summed E-state index contributed by atoms with van der Waals surface area (Å²) in [6.45, 7) is 1.73. The summed E-state index contributed by atoms with van der Waals surface area (Å²) >= 11 is 0. The fraction of sp³-hybridized carbons (Fsp3) is 0.105. The van der Waals surface area contributed by atoms with E-state index in [1.54, 1.807) is 12.4 Å². The molecule has 2 aromatic carbocycles. The van der Waals surface area contributed by atoms with E-state index in [-0.39, 0.29) is 12.5 Å². The van der Waals surface area contributed by atoms with Crippen LogP contribution in [0.5, 0.6) is 5.75 Å². The number of aromatic nitrogens is 1. The first-order valence-electron chi connectivity index (χ1n) is 7.57. The van der Waals surface area contributed by atoms with Crippen LogP contribution in [0, 0.1) is 0 Å². The Bertz CT molecular complexity index is 876. The van der Waals surface area contributed by atoms with Crippen LogP contribution in [-0.4, -0.2) is 23.2 Å². The maximum absolute atomic E-state index is 11.9. The normalized spacial score (nSPS) is 11.3. The fourth-order valence-corrected chi connectivity index (χ4v) is 2.24. The van der Waals surface area contributed by atoms with E-state index in [1.807, 2.05) is 61.5 Å². The molecule has 5 nitrogen and oxygen atoms in total. The van der Waals surface area contributed by atoms with Crippen LogP contribution in [0.25, 0.3) is 10.8 Å². The zero-order valence-electron chi connectivity index (χ0n) is 13.3. The molecular formula is C19H17N3O2. The lowest BCUT2D eigenvalue weighted by Gasteiger charge is -2.07. The molecule has 0 aliphatic rings. The van der Waals surface area contributed by atoms with Gasteiger partial charge in [-0.2, -0.15) is 5.10 Å². The number of amides is 1. The predicted octanol–water partition coefficient (Wildman–Crippen LogP) is 3.15. The topological polar surface area (TPSA) is 63.6 Å². The van der Waals surface area contributed by atoms with Gasteiger partial charge in [0, 0.05) is 18.0 Å². The standard InChI is InChI=1S/C19H17N3O2/c1-14(15-8-10-20-11-9-15)21-22-19(23)13-24-18-7-6-16-4-2-3-5-17(16)12-18/h2-12H,13H2,1H3,(H,22,23)/b21-14+. The summed E-state index contributed by atoms with van der Waals surface area (Å²) in [5.74, 6) is 0.343. The number of benzene rings is 2. The summed E-state index contributed by atoms with van der Waals surface area (Å²) < 4.78 is 5.52. The molecule has 0 unspecified atom stereocenters. The van der Waals surface area contributed by atoms with Crippen LogP contribution in [-0.2, 0) is 4.79 Å². The first-order chi connectivity index (χ1) is 11.7. The maximum atomic E-state index is 11.9. The molecule has 24 heavy (non-hydrogen) atoms. The minimum atomic E-state index is -0.309. The average Bonchev–Trinajstić information content (AvgIpc) is 2.65. The zero-order chi connectivity index (χ0) is 16.8. The third-order valence-corrected chi connectivity index (χ3v) is 3.54. The van der Waals surface area contributed by atoms with Crippen molar-refractivity contribution < 1.29 is 9.53 Å². The molecule has 0 radical (unpaired) electrons. The molecule has 0 aliphatic carbocycles. The molecule has 0 aliphatic heterocycles. The van der Waals surface area contributed by atoms with Gasteiger partial charge >= 0.3 is 0 Å². The number of rotatable bonds is 5. The van der Waals surface area contributed by atoms with E-state index in [0.29, 0.717) is 11.5 Å². The van der Waals surface area contributed by atoms with Crippen LogP contribution in [0.3, 0.4) is 0 Å². The second-order valence-electron chi connectivity index (χ2n) is 5.27. The molecular weight excluding hydrogens is 302 g/mol. The third kappa shape index (κ3) is 3.95. The van der Waals surface area contributed by atoms with Crippen LogP contribution in [0.4, 0.5) is 0 Å². The lowest BCUT2D eigenvalue weighted by molar-refractivity contribution is -0.123. The van der Waals surface area contributed by atoms with Crippen LogP contribution >= 0.6 is 0 Å². The number of carbonyl (C=O) groups excluding carboxylic acids is 1. The van der Waals surface area contributed by atoms with E-state index < -0.39 is 0 Å². The Kier molecular flexibility index (Phi) is 4.81. The number of hydrogen-bond donors (Lipinski definition) is 1. The van der Waals surface area contributed by atoms with Gasteiger partial charge in [0.15, 0.2) is 6.61 Å².